The van der Waals surface area contributed by atoms with Crippen LogP contribution in [-0.4, -0.2) is 106 Å². The van der Waals surface area contributed by atoms with Crippen molar-refractivity contribution in [3.8, 4) is 11.6 Å². The molecule has 3 N–H and O–H groups in total. The molecule has 4 amide bonds. The van der Waals surface area contributed by atoms with Gasteiger partial charge >= 0.3 is 12.3 Å². The van der Waals surface area contributed by atoms with E-state index in [-0.39, 0.29) is 47.1 Å². The van der Waals surface area contributed by atoms with Crippen LogP contribution in [0.2, 0.25) is 0 Å². The summed E-state index contributed by atoms with van der Waals surface area (Å²) in [4.78, 5) is 61.1. The second kappa shape index (κ2) is 15.2. The van der Waals surface area contributed by atoms with Gasteiger partial charge in [-0.25, -0.2) is 22.6 Å². The number of fused-ring (bicyclic) bond motifs is 3. The second-order valence-corrected chi connectivity index (χ2v) is 18.3. The molecule has 0 radical (unpaired) electrons. The third kappa shape index (κ3) is 8.21. The molecule has 2 aromatic rings. The lowest BCUT2D eigenvalue weighted by atomic mass is 9.86. The monoisotopic (exact) mass is 825 g/mol. The molecule has 1 aromatic heterocycles. The summed E-state index contributed by atoms with van der Waals surface area (Å²) in [5.41, 5.74) is -1.75. The van der Waals surface area contributed by atoms with E-state index in [1.54, 1.807) is 18.2 Å². The lowest BCUT2D eigenvalue weighted by Crippen LogP contribution is -2.62. The fourth-order valence-corrected chi connectivity index (χ4v) is 9.38. The highest BCUT2D eigenvalue weighted by Crippen LogP contribution is 2.48. The number of rotatable bonds is 8. The van der Waals surface area contributed by atoms with Gasteiger partial charge in [0, 0.05) is 30.0 Å². The maximum atomic E-state index is 14.8. The number of allylic oxidation sites excluding steroid dienone is 1. The van der Waals surface area contributed by atoms with Gasteiger partial charge in [0.1, 0.15) is 41.3 Å². The molecular weight excluding hydrogens is 779 g/mol. The molecule has 1 aromatic carbocycles. The Morgan fingerprint density at radius 3 is 2.49 bits per heavy atom. The maximum absolute atomic E-state index is 14.8. The van der Waals surface area contributed by atoms with E-state index in [1.807, 2.05) is 6.92 Å². The number of methoxy groups -OCH3 is 1. The Morgan fingerprint density at radius 2 is 1.86 bits per heavy atom. The molecule has 2 aliphatic carbocycles. The molecule has 3 heterocycles. The number of carbonyl (C=O) groups excluding carboxylic acids is 3. The molecule has 3 fully saturated rings. The Bertz CT molecular complexity index is 2080. The highest BCUT2D eigenvalue weighted by molar-refractivity contribution is 7.91. The van der Waals surface area contributed by atoms with Gasteiger partial charge < -0.3 is 24.8 Å². The van der Waals surface area contributed by atoms with E-state index < -0.39 is 98.7 Å². The van der Waals surface area contributed by atoms with Gasteiger partial charge in [0.25, 0.3) is 5.91 Å². The second-order valence-electron chi connectivity index (χ2n) is 16.1. The van der Waals surface area contributed by atoms with Gasteiger partial charge in [-0.3, -0.25) is 24.0 Å². The van der Waals surface area contributed by atoms with Crippen molar-refractivity contribution < 1.29 is 59.7 Å². The highest BCUT2D eigenvalue weighted by Gasteiger charge is 2.63. The van der Waals surface area contributed by atoms with Crippen molar-refractivity contribution in [1.82, 2.24) is 24.8 Å². The zero-order valence-electron chi connectivity index (χ0n) is 32.1. The Hall–Kier alpha value is -4.68. The molecule has 1 saturated heterocycles. The minimum Gasteiger partial charge on any atom is -0.496 e. The number of alkyl halides is 3. The van der Waals surface area contributed by atoms with E-state index in [9.17, 15) is 50.3 Å². The summed E-state index contributed by atoms with van der Waals surface area (Å²) >= 11 is 0. The van der Waals surface area contributed by atoms with Gasteiger partial charge in [-0.15, -0.1) is 0 Å². The summed E-state index contributed by atoms with van der Waals surface area (Å²) in [5.74, 6) is -5.44. The number of amides is 4. The molecule has 8 atom stereocenters. The topological polar surface area (TPSA) is 185 Å². The van der Waals surface area contributed by atoms with Crippen LogP contribution in [0.5, 0.6) is 11.6 Å². The molecular formula is C38H47F4N5O9S. The predicted octanol–water partition coefficient (Wildman–Crippen LogP) is 4.92. The first-order valence-electron chi connectivity index (χ1n) is 18.8. The summed E-state index contributed by atoms with van der Waals surface area (Å²) in [6.45, 7) is 5.01. The van der Waals surface area contributed by atoms with Crippen LogP contribution < -0.4 is 19.5 Å². The number of carboxylic acid groups (broad SMARTS) is 1. The van der Waals surface area contributed by atoms with Crippen molar-refractivity contribution in [2.45, 2.75) is 113 Å². The first-order valence-corrected chi connectivity index (χ1v) is 20.3. The van der Waals surface area contributed by atoms with E-state index >= 15 is 0 Å². The van der Waals surface area contributed by atoms with Crippen molar-refractivity contribution in [3.05, 3.63) is 42.4 Å². The fourth-order valence-electron chi connectivity index (χ4n) is 8.06. The van der Waals surface area contributed by atoms with Crippen molar-refractivity contribution in [1.29, 1.82) is 0 Å². The van der Waals surface area contributed by atoms with E-state index in [2.05, 4.69) is 15.0 Å². The summed E-state index contributed by atoms with van der Waals surface area (Å²) < 4.78 is 96.4. The normalized spacial score (nSPS) is 29.5. The molecule has 0 spiro atoms. The van der Waals surface area contributed by atoms with Crippen LogP contribution in [0.1, 0.15) is 72.6 Å². The van der Waals surface area contributed by atoms with E-state index in [0.717, 1.165) is 17.0 Å². The Morgan fingerprint density at radius 1 is 1.16 bits per heavy atom. The van der Waals surface area contributed by atoms with Crippen LogP contribution in [0.3, 0.4) is 0 Å². The molecule has 57 heavy (non-hydrogen) atoms. The third-order valence-corrected chi connectivity index (χ3v) is 14.0. The standard InChI is InChI=1S/C38H47F4N5O9S/c1-20-8-6-7-9-23-18-37(23,34(50)45-57(53,54)36(4)11-12-36)44-31(48)28-17-25(56-32-27-15-24(39)16-29(55-5)26(27)10-13-43-32)19-46(28)33(49)30(21(2)14-20)47(35(51)52)22(3)38(40,41)42/h7,9-10,13,15-16,20-23,25,28,30H,6,8,11-12,14,17-19H2,1-5H3,(H,44,48)(H,45,50)(H,51,52)/t20-,21+,22+,23+,25+,28-,30-,37+/m0/s1. The smallest absolute Gasteiger partial charge is 0.408 e. The zero-order chi connectivity index (χ0) is 41.8. The molecule has 2 aliphatic heterocycles. The van der Waals surface area contributed by atoms with Gasteiger partial charge in [-0.2, -0.15) is 13.2 Å². The van der Waals surface area contributed by atoms with Crippen LogP contribution in [-0.2, 0) is 24.4 Å². The van der Waals surface area contributed by atoms with Gasteiger partial charge in [-0.1, -0.05) is 26.0 Å². The number of benzene rings is 1. The molecule has 19 heteroatoms. The lowest BCUT2D eigenvalue weighted by Gasteiger charge is -2.40. The Labute approximate surface area is 327 Å². The number of pyridine rings is 1. The number of nitrogens with one attached hydrogen (secondary N) is 2. The van der Waals surface area contributed by atoms with E-state index in [1.165, 1.54) is 27.2 Å². The van der Waals surface area contributed by atoms with Crippen LogP contribution >= 0.6 is 0 Å². The molecule has 312 valence electrons. The molecule has 0 unspecified atom stereocenters. The average Bonchev–Trinajstić information content (AvgIpc) is 4.01. The van der Waals surface area contributed by atoms with Crippen LogP contribution in [0.15, 0.2) is 36.5 Å². The van der Waals surface area contributed by atoms with Crippen molar-refractivity contribution in [2.24, 2.45) is 17.8 Å². The minimum atomic E-state index is -5.06. The maximum Gasteiger partial charge on any atom is 0.408 e. The summed E-state index contributed by atoms with van der Waals surface area (Å²) in [6, 6.07) is -2.21. The van der Waals surface area contributed by atoms with Crippen molar-refractivity contribution >= 4 is 44.6 Å². The first kappa shape index (κ1) is 41.9. The predicted molar refractivity (Wildman–Crippen MR) is 197 cm³/mol. The van der Waals surface area contributed by atoms with E-state index in [0.29, 0.717) is 38.0 Å². The lowest BCUT2D eigenvalue weighted by molar-refractivity contribution is -0.184. The number of carbonyl (C=O) groups is 4. The molecule has 0 bridgehead atoms. The molecule has 6 rings (SSSR count). The van der Waals surface area contributed by atoms with Crippen LogP contribution in [0.25, 0.3) is 10.8 Å². The van der Waals surface area contributed by atoms with Gasteiger partial charge in [0.05, 0.1) is 23.8 Å². The van der Waals surface area contributed by atoms with E-state index in [4.69, 9.17) is 9.47 Å². The largest absolute Gasteiger partial charge is 0.496 e. The number of halogens is 4. The minimum absolute atomic E-state index is 0.0202. The van der Waals surface area contributed by atoms with Crippen molar-refractivity contribution in [2.75, 3.05) is 13.7 Å². The summed E-state index contributed by atoms with van der Waals surface area (Å²) in [7, 11) is -2.80. The number of nitrogens with zero attached hydrogens (tertiary/aromatic N) is 3. The molecule has 14 nitrogen and oxygen atoms in total. The molecule has 2 saturated carbocycles. The number of hydrogen-bond donors (Lipinski definition) is 3. The van der Waals surface area contributed by atoms with Crippen LogP contribution in [0.4, 0.5) is 22.4 Å². The SMILES string of the molecule is COc1cc(F)cc2c(O[C@@H]3C[C@H]4C(=O)N[C@]5(C(=O)NS(=O)(=O)C6(C)CC6)C[C@H]5C=CCC[C@H](C)C[C@@H](C)[C@H](N(C(=O)O)[C@H](C)C(F)(F)F)C(=O)N4C3)nccc12. The van der Waals surface area contributed by atoms with Gasteiger partial charge in [-0.05, 0) is 76.3 Å². The Balaban J connectivity index is 1.42. The number of sulfonamides is 1. The number of aromatic nitrogens is 1. The average molecular weight is 826 g/mol. The van der Waals surface area contributed by atoms with Crippen LogP contribution in [0, 0.1) is 23.6 Å². The molecule has 4 aliphatic rings. The highest BCUT2D eigenvalue weighted by atomic mass is 32.2. The fraction of sp³-hybridized carbons (Fsp3) is 0.605. The van der Waals surface area contributed by atoms with Gasteiger partial charge in [0.2, 0.25) is 27.7 Å². The number of hydrogen-bond acceptors (Lipinski definition) is 9. The summed E-state index contributed by atoms with van der Waals surface area (Å²) in [6.07, 6.45) is -1.84. The number of ether oxygens (including phenoxy) is 2. The quantitative estimate of drug-likeness (QED) is 0.244. The van der Waals surface area contributed by atoms with Gasteiger partial charge in [0.15, 0.2) is 0 Å². The van der Waals surface area contributed by atoms with Crippen molar-refractivity contribution in [3.63, 3.8) is 0 Å². The zero-order valence-corrected chi connectivity index (χ0v) is 33.0. The first-order chi connectivity index (χ1) is 26.6. The Kier molecular flexibility index (Phi) is 11.2. The third-order valence-electron chi connectivity index (χ3n) is 11.9. The summed E-state index contributed by atoms with van der Waals surface area (Å²) in [5, 5.41) is 13.5.